The number of aryl methyl sites for hydroxylation is 1. The Kier molecular flexibility index (Phi) is 5.32. The van der Waals surface area contributed by atoms with Gasteiger partial charge in [0.25, 0.3) is 0 Å². The summed E-state index contributed by atoms with van der Waals surface area (Å²) in [6.07, 6.45) is 1.54. The van der Waals surface area contributed by atoms with E-state index >= 15 is 0 Å². The van der Waals surface area contributed by atoms with Crippen molar-refractivity contribution in [2.24, 2.45) is 5.16 Å². The topological polar surface area (TPSA) is 41.8 Å². The smallest absolute Gasteiger partial charge is 0.123 e. The number of benzene rings is 2. The Hall–Kier alpha value is -2.36. The predicted octanol–water partition coefficient (Wildman–Crippen LogP) is 4.19. The van der Waals surface area contributed by atoms with E-state index in [1.807, 2.05) is 30.3 Å². The Morgan fingerprint density at radius 2 is 1.90 bits per heavy atom. The summed E-state index contributed by atoms with van der Waals surface area (Å²) in [5.74, 6) is 0.489. The van der Waals surface area contributed by atoms with Crippen molar-refractivity contribution in [3.05, 3.63) is 65.5 Å². The van der Waals surface area contributed by atoms with Gasteiger partial charge in [-0.15, -0.1) is 0 Å². The fourth-order valence-corrected chi connectivity index (χ4v) is 1.92. The third-order valence-corrected chi connectivity index (χ3v) is 3.16. The molecule has 0 fully saturated rings. The molecule has 0 unspecified atom stereocenters. The molecule has 0 radical (unpaired) electrons. The second kappa shape index (κ2) is 7.43. The molecule has 2 rings (SSSR count). The van der Waals surface area contributed by atoms with Crippen molar-refractivity contribution in [3.63, 3.8) is 0 Å². The fourth-order valence-electron chi connectivity index (χ4n) is 1.92. The van der Waals surface area contributed by atoms with Gasteiger partial charge in [-0.1, -0.05) is 29.4 Å². The van der Waals surface area contributed by atoms with Gasteiger partial charge in [-0.05, 0) is 55.2 Å². The number of halogens is 1. The zero-order valence-electron chi connectivity index (χ0n) is 11.9. The van der Waals surface area contributed by atoms with Crippen molar-refractivity contribution in [1.82, 2.24) is 0 Å². The second-order valence-electron chi connectivity index (χ2n) is 4.90. The van der Waals surface area contributed by atoms with E-state index in [4.69, 9.17) is 9.94 Å². The first kappa shape index (κ1) is 15.0. The van der Waals surface area contributed by atoms with Gasteiger partial charge in [-0.3, -0.25) is 0 Å². The summed E-state index contributed by atoms with van der Waals surface area (Å²) >= 11 is 0. The van der Waals surface area contributed by atoms with Gasteiger partial charge < -0.3 is 9.94 Å². The summed E-state index contributed by atoms with van der Waals surface area (Å²) < 4.78 is 18.7. The fraction of sp³-hybridized carbons (Fsp3) is 0.235. The van der Waals surface area contributed by atoms with Gasteiger partial charge in [0, 0.05) is 0 Å². The van der Waals surface area contributed by atoms with Crippen LogP contribution in [0.2, 0.25) is 0 Å². The number of hydrogen-bond acceptors (Lipinski definition) is 3. The van der Waals surface area contributed by atoms with E-state index < -0.39 is 0 Å². The normalized spacial score (nSPS) is 11.4. The molecule has 0 heterocycles. The van der Waals surface area contributed by atoms with E-state index in [-0.39, 0.29) is 5.82 Å². The van der Waals surface area contributed by atoms with Gasteiger partial charge in [-0.25, -0.2) is 4.39 Å². The molecule has 2 aromatic carbocycles. The van der Waals surface area contributed by atoms with E-state index in [0.717, 1.165) is 29.7 Å². The van der Waals surface area contributed by atoms with Crippen LogP contribution in [0.15, 0.2) is 53.7 Å². The lowest BCUT2D eigenvalue weighted by Gasteiger charge is -2.07. The molecule has 0 saturated heterocycles. The maximum Gasteiger partial charge on any atom is 0.123 e. The van der Waals surface area contributed by atoms with Crippen LogP contribution < -0.4 is 4.74 Å². The molecule has 3 nitrogen and oxygen atoms in total. The molecule has 0 aliphatic carbocycles. The maximum atomic E-state index is 13.0. The van der Waals surface area contributed by atoms with Gasteiger partial charge in [-0.2, -0.15) is 0 Å². The first-order chi connectivity index (χ1) is 10.2. The maximum absolute atomic E-state index is 13.0. The minimum absolute atomic E-state index is 0.257. The van der Waals surface area contributed by atoms with Gasteiger partial charge >= 0.3 is 0 Å². The summed E-state index contributed by atoms with van der Waals surface area (Å²) in [6.45, 7) is 2.13. The molecule has 0 aliphatic rings. The second-order valence-corrected chi connectivity index (χ2v) is 4.90. The summed E-state index contributed by atoms with van der Waals surface area (Å²) in [7, 11) is 0. The highest BCUT2D eigenvalue weighted by atomic mass is 19.1. The molecule has 0 spiro atoms. The van der Waals surface area contributed by atoms with E-state index in [2.05, 4.69) is 5.16 Å². The van der Waals surface area contributed by atoms with Crippen molar-refractivity contribution in [2.45, 2.75) is 26.4 Å². The van der Waals surface area contributed by atoms with E-state index in [9.17, 15) is 4.39 Å². The molecule has 110 valence electrons. The average Bonchev–Trinajstić information content (AvgIpc) is 2.51. The quantitative estimate of drug-likeness (QED) is 0.492. The van der Waals surface area contributed by atoms with Crippen LogP contribution in [0.5, 0.6) is 5.75 Å². The average molecular weight is 287 g/mol. The van der Waals surface area contributed by atoms with Gasteiger partial charge in [0.1, 0.15) is 18.2 Å². The SMILES string of the molecule is C/C(CCc1ccc(OCc2cccc(F)c2)cc1)=N\O. The highest BCUT2D eigenvalue weighted by Gasteiger charge is 2.00. The zero-order valence-corrected chi connectivity index (χ0v) is 11.9. The number of oxime groups is 1. The lowest BCUT2D eigenvalue weighted by atomic mass is 10.1. The third-order valence-electron chi connectivity index (χ3n) is 3.16. The molecule has 0 saturated carbocycles. The van der Waals surface area contributed by atoms with E-state index in [1.54, 1.807) is 13.0 Å². The van der Waals surface area contributed by atoms with Crippen molar-refractivity contribution in [3.8, 4) is 5.75 Å². The molecule has 0 aromatic heterocycles. The van der Waals surface area contributed by atoms with Crippen LogP contribution in [0.3, 0.4) is 0 Å². The Morgan fingerprint density at radius 3 is 2.57 bits per heavy atom. The Morgan fingerprint density at radius 1 is 1.14 bits per heavy atom. The first-order valence-corrected chi connectivity index (χ1v) is 6.81. The number of nitrogens with zero attached hydrogens (tertiary/aromatic N) is 1. The Balaban J connectivity index is 1.87. The van der Waals surface area contributed by atoms with Crippen molar-refractivity contribution in [2.75, 3.05) is 0 Å². The van der Waals surface area contributed by atoms with E-state index in [0.29, 0.717) is 12.3 Å². The van der Waals surface area contributed by atoms with Crippen molar-refractivity contribution < 1.29 is 14.3 Å². The van der Waals surface area contributed by atoms with Crippen LogP contribution in [-0.2, 0) is 13.0 Å². The number of hydrogen-bond donors (Lipinski definition) is 1. The van der Waals surface area contributed by atoms with Crippen LogP contribution in [0.25, 0.3) is 0 Å². The molecular weight excluding hydrogens is 269 g/mol. The van der Waals surface area contributed by atoms with Gasteiger partial charge in [0.2, 0.25) is 0 Å². The molecule has 21 heavy (non-hydrogen) atoms. The largest absolute Gasteiger partial charge is 0.489 e. The van der Waals surface area contributed by atoms with Crippen LogP contribution in [0, 0.1) is 5.82 Å². The molecule has 1 N–H and O–H groups in total. The van der Waals surface area contributed by atoms with Crippen LogP contribution in [0.1, 0.15) is 24.5 Å². The summed E-state index contributed by atoms with van der Waals surface area (Å²) in [6, 6.07) is 14.1. The highest BCUT2D eigenvalue weighted by Crippen LogP contribution is 2.15. The first-order valence-electron chi connectivity index (χ1n) is 6.81. The Bertz CT molecular complexity index is 608. The molecule has 2 aromatic rings. The monoisotopic (exact) mass is 287 g/mol. The predicted molar refractivity (Wildman–Crippen MR) is 80.4 cm³/mol. The minimum atomic E-state index is -0.257. The van der Waals surface area contributed by atoms with Crippen LogP contribution in [-0.4, -0.2) is 10.9 Å². The highest BCUT2D eigenvalue weighted by molar-refractivity contribution is 5.81. The van der Waals surface area contributed by atoms with Gasteiger partial charge in [0.15, 0.2) is 0 Å². The van der Waals surface area contributed by atoms with Crippen molar-refractivity contribution in [1.29, 1.82) is 0 Å². The summed E-state index contributed by atoms with van der Waals surface area (Å²) in [4.78, 5) is 0. The molecule has 0 bridgehead atoms. The molecular formula is C17H18FNO2. The van der Waals surface area contributed by atoms with Crippen LogP contribution >= 0.6 is 0 Å². The van der Waals surface area contributed by atoms with Crippen LogP contribution in [0.4, 0.5) is 4.39 Å². The summed E-state index contributed by atoms with van der Waals surface area (Å²) in [5, 5.41) is 11.7. The number of rotatable bonds is 6. The summed E-state index contributed by atoms with van der Waals surface area (Å²) in [5.41, 5.74) is 2.66. The standard InChI is InChI=1S/C17H18FNO2/c1-13(19-20)5-6-14-7-9-17(10-8-14)21-12-15-3-2-4-16(18)11-15/h2-4,7-11,20H,5-6,12H2,1H3/b19-13+. The third kappa shape index (κ3) is 4.91. The molecule has 0 aliphatic heterocycles. The lowest BCUT2D eigenvalue weighted by molar-refractivity contribution is 0.305. The zero-order chi connectivity index (χ0) is 15.1. The molecule has 0 atom stereocenters. The lowest BCUT2D eigenvalue weighted by Crippen LogP contribution is -1.97. The van der Waals surface area contributed by atoms with Crippen molar-refractivity contribution >= 4 is 5.71 Å². The Labute approximate surface area is 123 Å². The molecule has 4 heteroatoms. The van der Waals surface area contributed by atoms with Gasteiger partial charge in [0.05, 0.1) is 5.71 Å². The molecule has 0 amide bonds. The van der Waals surface area contributed by atoms with E-state index in [1.165, 1.54) is 12.1 Å². The number of ether oxygens (including phenoxy) is 1. The minimum Gasteiger partial charge on any atom is -0.489 e.